The number of hydrogen-bond donors (Lipinski definition) is 1. The predicted molar refractivity (Wildman–Crippen MR) is 96.9 cm³/mol. The summed E-state index contributed by atoms with van der Waals surface area (Å²) in [5, 5.41) is 11.2. The summed E-state index contributed by atoms with van der Waals surface area (Å²) in [4.78, 5) is 23.5. The Hall–Kier alpha value is -0.960. The van der Waals surface area contributed by atoms with Crippen LogP contribution in [0.3, 0.4) is 0 Å². The first kappa shape index (κ1) is 17.5. The van der Waals surface area contributed by atoms with Gasteiger partial charge < -0.3 is 5.11 Å². The number of ketones is 1. The van der Waals surface area contributed by atoms with E-state index in [-0.39, 0.29) is 0 Å². The number of carbonyl (C=O) groups is 2. The molecule has 0 aromatic carbocycles. The quantitative estimate of drug-likeness (QED) is 0.466. The highest BCUT2D eigenvalue weighted by Crippen LogP contribution is 2.68. The standard InChI is InChI=1S/C22H32O3/c1-14-12-15-17(20(2)9-5-4-6-16(14)20)7-10-21(3)18(15)8-11-22(21,25)19(24)13-23/h6,13-15,17-18,25H,4-5,7-12H2,1-3H3/t14-,15+,17-,18-,20-,21-,22-/m0/s1. The van der Waals surface area contributed by atoms with Gasteiger partial charge >= 0.3 is 0 Å². The van der Waals surface area contributed by atoms with E-state index in [1.807, 2.05) is 0 Å². The zero-order valence-corrected chi connectivity index (χ0v) is 15.9. The maximum Gasteiger partial charge on any atom is 0.227 e. The van der Waals surface area contributed by atoms with Crippen LogP contribution in [0.15, 0.2) is 11.6 Å². The lowest BCUT2D eigenvalue weighted by Crippen LogP contribution is -2.58. The monoisotopic (exact) mass is 344 g/mol. The minimum atomic E-state index is -1.43. The molecule has 4 aliphatic carbocycles. The molecule has 25 heavy (non-hydrogen) atoms. The first-order valence-corrected chi connectivity index (χ1v) is 10.2. The summed E-state index contributed by atoms with van der Waals surface area (Å²) in [6.07, 6.45) is 11.1. The highest BCUT2D eigenvalue weighted by Gasteiger charge is 2.66. The fourth-order valence-electron chi connectivity index (χ4n) is 7.73. The number of aliphatic hydroxyl groups is 1. The molecule has 0 radical (unpaired) electrons. The van der Waals surface area contributed by atoms with E-state index >= 15 is 0 Å². The smallest absolute Gasteiger partial charge is 0.227 e. The van der Waals surface area contributed by atoms with Gasteiger partial charge in [-0.05, 0) is 80.5 Å². The van der Waals surface area contributed by atoms with Gasteiger partial charge in [-0.1, -0.05) is 32.4 Å². The summed E-state index contributed by atoms with van der Waals surface area (Å²) in [5.41, 5.74) is 0.118. The van der Waals surface area contributed by atoms with Gasteiger partial charge in [-0.25, -0.2) is 0 Å². The Bertz CT molecular complexity index is 637. The van der Waals surface area contributed by atoms with Gasteiger partial charge in [0, 0.05) is 5.41 Å². The van der Waals surface area contributed by atoms with Gasteiger partial charge in [0.05, 0.1) is 0 Å². The Labute approximate surface area is 151 Å². The summed E-state index contributed by atoms with van der Waals surface area (Å²) in [7, 11) is 0. The highest BCUT2D eigenvalue weighted by atomic mass is 16.3. The number of Topliss-reactive ketones (excluding diaryl/α,β-unsaturated/α-hetero) is 1. The van der Waals surface area contributed by atoms with Crippen molar-refractivity contribution in [1.82, 2.24) is 0 Å². The van der Waals surface area contributed by atoms with E-state index < -0.39 is 16.8 Å². The van der Waals surface area contributed by atoms with Gasteiger partial charge in [0.25, 0.3) is 0 Å². The minimum Gasteiger partial charge on any atom is -0.381 e. The van der Waals surface area contributed by atoms with Crippen LogP contribution >= 0.6 is 0 Å². The maximum absolute atomic E-state index is 12.3. The van der Waals surface area contributed by atoms with Crippen molar-refractivity contribution in [2.45, 2.75) is 77.7 Å². The number of carbonyl (C=O) groups excluding carboxylic acids is 2. The molecule has 3 fully saturated rings. The molecule has 0 heterocycles. The van der Waals surface area contributed by atoms with E-state index in [2.05, 4.69) is 26.8 Å². The third-order valence-corrected chi connectivity index (χ3v) is 9.00. The molecule has 0 bridgehead atoms. The summed E-state index contributed by atoms with van der Waals surface area (Å²) in [6, 6.07) is 0. The van der Waals surface area contributed by atoms with Crippen molar-refractivity contribution >= 4 is 12.1 Å². The molecule has 0 aliphatic heterocycles. The second kappa shape index (κ2) is 5.52. The lowest BCUT2D eigenvalue weighted by molar-refractivity contribution is -0.164. The van der Waals surface area contributed by atoms with E-state index in [1.54, 1.807) is 5.57 Å². The molecule has 4 rings (SSSR count). The fourth-order valence-corrected chi connectivity index (χ4v) is 7.73. The molecule has 0 saturated heterocycles. The Balaban J connectivity index is 1.72. The van der Waals surface area contributed by atoms with Crippen molar-refractivity contribution in [2.24, 2.45) is 34.5 Å². The Morgan fingerprint density at radius 1 is 1.20 bits per heavy atom. The fraction of sp³-hybridized carbons (Fsp3) is 0.818. The van der Waals surface area contributed by atoms with Crippen LogP contribution in [-0.2, 0) is 9.59 Å². The number of allylic oxidation sites excluding steroid dienone is 2. The minimum absolute atomic E-state index is 0.303. The zero-order chi connectivity index (χ0) is 18.0. The van der Waals surface area contributed by atoms with E-state index in [9.17, 15) is 14.7 Å². The molecule has 3 nitrogen and oxygen atoms in total. The van der Waals surface area contributed by atoms with Crippen LogP contribution < -0.4 is 0 Å². The lowest BCUT2D eigenvalue weighted by Gasteiger charge is -2.60. The van der Waals surface area contributed by atoms with Crippen molar-refractivity contribution in [3.8, 4) is 0 Å². The predicted octanol–water partition coefficient (Wildman–Crippen LogP) is 4.08. The Kier molecular flexibility index (Phi) is 3.85. The molecule has 138 valence electrons. The Morgan fingerprint density at radius 2 is 1.92 bits per heavy atom. The molecule has 4 aliphatic rings. The molecule has 0 aromatic rings. The van der Waals surface area contributed by atoms with E-state index in [4.69, 9.17) is 0 Å². The van der Waals surface area contributed by atoms with Crippen LogP contribution in [0, 0.1) is 34.5 Å². The van der Waals surface area contributed by atoms with Gasteiger partial charge in [-0.2, -0.15) is 0 Å². The average Bonchev–Trinajstić information content (AvgIpc) is 2.87. The van der Waals surface area contributed by atoms with Crippen molar-refractivity contribution < 1.29 is 14.7 Å². The molecule has 7 atom stereocenters. The molecule has 3 saturated carbocycles. The normalized spacial score (nSPS) is 51.8. The molecule has 0 spiro atoms. The molecule has 1 N–H and O–H groups in total. The first-order valence-electron chi connectivity index (χ1n) is 10.2. The van der Waals surface area contributed by atoms with E-state index in [0.29, 0.717) is 41.8 Å². The van der Waals surface area contributed by atoms with Gasteiger partial charge in [0.15, 0.2) is 6.29 Å². The molecular formula is C22H32O3. The van der Waals surface area contributed by atoms with Crippen LogP contribution in [0.4, 0.5) is 0 Å². The maximum atomic E-state index is 12.3. The third-order valence-electron chi connectivity index (χ3n) is 9.00. The van der Waals surface area contributed by atoms with Crippen LogP contribution in [-0.4, -0.2) is 22.8 Å². The van der Waals surface area contributed by atoms with Crippen molar-refractivity contribution in [3.63, 3.8) is 0 Å². The van der Waals surface area contributed by atoms with Gasteiger partial charge in [0.2, 0.25) is 5.78 Å². The van der Waals surface area contributed by atoms with E-state index in [0.717, 1.165) is 19.3 Å². The van der Waals surface area contributed by atoms with Crippen molar-refractivity contribution in [2.75, 3.05) is 0 Å². The van der Waals surface area contributed by atoms with Crippen LogP contribution in [0.2, 0.25) is 0 Å². The van der Waals surface area contributed by atoms with Crippen LogP contribution in [0.1, 0.15) is 72.1 Å². The molecule has 0 amide bonds. The first-order chi connectivity index (χ1) is 11.8. The van der Waals surface area contributed by atoms with Crippen molar-refractivity contribution in [1.29, 1.82) is 0 Å². The second-order valence-corrected chi connectivity index (χ2v) is 9.82. The van der Waals surface area contributed by atoms with Gasteiger partial charge in [-0.15, -0.1) is 0 Å². The highest BCUT2D eigenvalue weighted by molar-refractivity contribution is 6.29. The largest absolute Gasteiger partial charge is 0.381 e. The second-order valence-electron chi connectivity index (χ2n) is 9.82. The number of rotatable bonds is 2. The topological polar surface area (TPSA) is 54.4 Å². The van der Waals surface area contributed by atoms with E-state index in [1.165, 1.54) is 25.7 Å². The third kappa shape index (κ3) is 2.08. The molecule has 0 aromatic heterocycles. The summed E-state index contributed by atoms with van der Waals surface area (Å²) in [6.45, 7) is 6.93. The van der Waals surface area contributed by atoms with Crippen LogP contribution in [0.5, 0.6) is 0 Å². The lowest BCUT2D eigenvalue weighted by atomic mass is 9.45. The number of fused-ring (bicyclic) bond motifs is 5. The molecule has 0 unspecified atom stereocenters. The average molecular weight is 344 g/mol. The number of hydrogen-bond acceptors (Lipinski definition) is 3. The summed E-state index contributed by atoms with van der Waals surface area (Å²) >= 11 is 0. The number of aldehydes is 1. The SMILES string of the molecule is C[C@H]1C[C@@H]2[C@H](CC[C@@]3(C)[C@H]2CC[C@]3(O)C(=O)C=O)[C@@]2(C)CCCC=C12. The van der Waals surface area contributed by atoms with Crippen LogP contribution in [0.25, 0.3) is 0 Å². The molecular weight excluding hydrogens is 312 g/mol. The van der Waals surface area contributed by atoms with Gasteiger partial charge in [0.1, 0.15) is 5.60 Å². The summed E-state index contributed by atoms with van der Waals surface area (Å²) in [5.74, 6) is 1.61. The summed E-state index contributed by atoms with van der Waals surface area (Å²) < 4.78 is 0. The van der Waals surface area contributed by atoms with Crippen molar-refractivity contribution in [3.05, 3.63) is 11.6 Å². The zero-order valence-electron chi connectivity index (χ0n) is 15.9. The van der Waals surface area contributed by atoms with Gasteiger partial charge in [-0.3, -0.25) is 9.59 Å². The Morgan fingerprint density at radius 3 is 2.64 bits per heavy atom. The molecule has 3 heteroatoms.